The zero-order valence-corrected chi connectivity index (χ0v) is 11.2. The van der Waals surface area contributed by atoms with Crippen LogP contribution in [0, 0.1) is 0 Å². The van der Waals surface area contributed by atoms with Crippen LogP contribution in [0.25, 0.3) is 5.57 Å². The Hall–Kier alpha value is -2.00. The molecule has 2 aliphatic carbocycles. The summed E-state index contributed by atoms with van der Waals surface area (Å²) >= 11 is 0. The van der Waals surface area contributed by atoms with E-state index in [2.05, 4.69) is 23.5 Å². The second-order valence-corrected chi connectivity index (χ2v) is 5.64. The Morgan fingerprint density at radius 2 is 1.95 bits per heavy atom. The van der Waals surface area contributed by atoms with Crippen molar-refractivity contribution in [2.75, 3.05) is 6.54 Å². The Balaban J connectivity index is 2.04. The molecule has 1 heterocycles. The Bertz CT molecular complexity index is 695. The number of benzene rings is 1. The molecular formula is C17H17NO2. The minimum Gasteiger partial charge on any atom is -0.504 e. The Labute approximate surface area is 117 Å². The van der Waals surface area contributed by atoms with E-state index in [1.807, 2.05) is 0 Å². The highest BCUT2D eigenvalue weighted by Crippen LogP contribution is 2.45. The van der Waals surface area contributed by atoms with Crippen molar-refractivity contribution in [1.29, 1.82) is 0 Å². The Morgan fingerprint density at radius 1 is 1.05 bits per heavy atom. The lowest BCUT2D eigenvalue weighted by atomic mass is 9.86. The summed E-state index contributed by atoms with van der Waals surface area (Å²) in [6, 6.07) is 1.70. The first-order valence-electron chi connectivity index (χ1n) is 7.11. The van der Waals surface area contributed by atoms with Gasteiger partial charge in [0.2, 0.25) is 0 Å². The molecule has 0 saturated carbocycles. The van der Waals surface area contributed by atoms with Crippen LogP contribution in [-0.4, -0.2) is 16.8 Å². The molecule has 3 N–H and O–H groups in total. The maximum atomic E-state index is 10.2. The van der Waals surface area contributed by atoms with Crippen LogP contribution in [-0.2, 0) is 13.0 Å². The molecule has 1 aromatic rings. The van der Waals surface area contributed by atoms with Gasteiger partial charge in [-0.1, -0.05) is 18.2 Å². The van der Waals surface area contributed by atoms with Crippen LogP contribution < -0.4 is 5.32 Å². The first-order valence-corrected chi connectivity index (χ1v) is 7.11. The number of hydrogen-bond donors (Lipinski definition) is 3. The quantitative estimate of drug-likeness (QED) is 0.634. The molecule has 3 heteroatoms. The first kappa shape index (κ1) is 11.8. The molecule has 102 valence electrons. The predicted octanol–water partition coefficient (Wildman–Crippen LogP) is 2.79. The van der Waals surface area contributed by atoms with Gasteiger partial charge in [0.05, 0.1) is 0 Å². The average molecular weight is 267 g/mol. The SMILES string of the molecule is Oc1cc2c3c(c1O)CCC1=CC=CCC1=C3CNC2. The summed E-state index contributed by atoms with van der Waals surface area (Å²) < 4.78 is 0. The number of aromatic hydroxyl groups is 2. The van der Waals surface area contributed by atoms with Crippen molar-refractivity contribution < 1.29 is 10.2 Å². The fraction of sp³-hybridized carbons (Fsp3) is 0.294. The van der Waals surface area contributed by atoms with Crippen molar-refractivity contribution in [3.05, 3.63) is 52.1 Å². The molecule has 0 aromatic heterocycles. The lowest BCUT2D eigenvalue weighted by molar-refractivity contribution is 0.398. The van der Waals surface area contributed by atoms with Gasteiger partial charge >= 0.3 is 0 Å². The zero-order valence-electron chi connectivity index (χ0n) is 11.2. The molecule has 0 radical (unpaired) electrons. The Kier molecular flexibility index (Phi) is 2.51. The number of phenols is 2. The van der Waals surface area contributed by atoms with E-state index in [1.165, 1.54) is 22.3 Å². The van der Waals surface area contributed by atoms with Crippen molar-refractivity contribution >= 4 is 5.57 Å². The number of hydrogen-bond acceptors (Lipinski definition) is 3. The molecule has 0 spiro atoms. The van der Waals surface area contributed by atoms with E-state index in [-0.39, 0.29) is 11.5 Å². The van der Waals surface area contributed by atoms with Gasteiger partial charge in [-0.3, -0.25) is 0 Å². The van der Waals surface area contributed by atoms with Gasteiger partial charge in [-0.15, -0.1) is 0 Å². The van der Waals surface area contributed by atoms with Crippen LogP contribution >= 0.6 is 0 Å². The minimum absolute atomic E-state index is 0.00350. The molecule has 0 fully saturated rings. The van der Waals surface area contributed by atoms with E-state index in [1.54, 1.807) is 6.07 Å². The molecule has 1 aliphatic heterocycles. The van der Waals surface area contributed by atoms with Gasteiger partial charge in [0, 0.05) is 18.7 Å². The molecule has 0 amide bonds. The molecular weight excluding hydrogens is 250 g/mol. The summed E-state index contributed by atoms with van der Waals surface area (Å²) in [6.45, 7) is 1.59. The van der Waals surface area contributed by atoms with Crippen LogP contribution in [0.15, 0.2) is 35.4 Å². The first-order chi connectivity index (χ1) is 9.75. The minimum atomic E-state index is 0.00350. The van der Waals surface area contributed by atoms with Crippen molar-refractivity contribution in [2.24, 2.45) is 0 Å². The van der Waals surface area contributed by atoms with E-state index in [4.69, 9.17) is 0 Å². The normalized spacial score (nSPS) is 20.1. The second kappa shape index (κ2) is 4.25. The highest BCUT2D eigenvalue weighted by Gasteiger charge is 2.28. The maximum Gasteiger partial charge on any atom is 0.161 e. The monoisotopic (exact) mass is 267 g/mol. The molecule has 3 aliphatic rings. The molecule has 3 nitrogen and oxygen atoms in total. The fourth-order valence-corrected chi connectivity index (χ4v) is 3.61. The molecule has 0 atom stereocenters. The van der Waals surface area contributed by atoms with Gasteiger partial charge in [-0.25, -0.2) is 0 Å². The number of rotatable bonds is 0. The van der Waals surface area contributed by atoms with E-state index >= 15 is 0 Å². The van der Waals surface area contributed by atoms with Gasteiger partial charge in [0.1, 0.15) is 0 Å². The molecule has 4 rings (SSSR count). The molecule has 20 heavy (non-hydrogen) atoms. The Morgan fingerprint density at radius 3 is 2.85 bits per heavy atom. The van der Waals surface area contributed by atoms with E-state index in [9.17, 15) is 10.2 Å². The summed E-state index contributed by atoms with van der Waals surface area (Å²) in [5, 5.41) is 23.6. The van der Waals surface area contributed by atoms with Gasteiger partial charge in [0.25, 0.3) is 0 Å². The highest BCUT2D eigenvalue weighted by atomic mass is 16.3. The lowest BCUT2D eigenvalue weighted by Gasteiger charge is -2.25. The largest absolute Gasteiger partial charge is 0.504 e. The second-order valence-electron chi connectivity index (χ2n) is 5.64. The summed E-state index contributed by atoms with van der Waals surface area (Å²) in [5.74, 6) is 0.0692. The highest BCUT2D eigenvalue weighted by molar-refractivity contribution is 5.82. The van der Waals surface area contributed by atoms with Gasteiger partial charge in [-0.2, -0.15) is 0 Å². The lowest BCUT2D eigenvalue weighted by Crippen LogP contribution is -2.24. The van der Waals surface area contributed by atoms with Crippen molar-refractivity contribution in [1.82, 2.24) is 5.32 Å². The molecule has 0 unspecified atom stereocenters. The van der Waals surface area contributed by atoms with Crippen molar-refractivity contribution in [2.45, 2.75) is 25.8 Å². The molecule has 0 saturated heterocycles. The van der Waals surface area contributed by atoms with E-state index in [0.717, 1.165) is 43.5 Å². The third-order valence-corrected chi connectivity index (χ3v) is 4.53. The number of allylic oxidation sites excluding steroid dienone is 5. The van der Waals surface area contributed by atoms with Gasteiger partial charge in [0.15, 0.2) is 11.5 Å². The third kappa shape index (κ3) is 1.56. The van der Waals surface area contributed by atoms with Crippen LogP contribution in [0.2, 0.25) is 0 Å². The van der Waals surface area contributed by atoms with E-state index in [0.29, 0.717) is 0 Å². The van der Waals surface area contributed by atoms with Gasteiger partial charge < -0.3 is 15.5 Å². The predicted molar refractivity (Wildman–Crippen MR) is 78.6 cm³/mol. The van der Waals surface area contributed by atoms with Crippen LogP contribution in [0.1, 0.15) is 29.5 Å². The zero-order chi connectivity index (χ0) is 13.7. The summed E-state index contributed by atoms with van der Waals surface area (Å²) in [7, 11) is 0. The topological polar surface area (TPSA) is 52.5 Å². The van der Waals surface area contributed by atoms with Crippen LogP contribution in [0.5, 0.6) is 11.5 Å². The number of phenolic OH excluding ortho intramolecular Hbond substituents is 2. The van der Waals surface area contributed by atoms with E-state index < -0.39 is 0 Å². The summed E-state index contributed by atoms with van der Waals surface area (Å²) in [6.07, 6.45) is 9.16. The summed E-state index contributed by atoms with van der Waals surface area (Å²) in [5.41, 5.74) is 7.24. The standard InChI is InChI=1S/C17H17NO2/c19-15-7-11-8-18-9-14-12-4-2-1-3-10(12)5-6-13(16(11)14)17(15)20/h1-3,7,18-20H,4-6,8-9H2. The third-order valence-electron chi connectivity index (χ3n) is 4.53. The average Bonchev–Trinajstić information content (AvgIpc) is 2.64. The van der Waals surface area contributed by atoms with Crippen LogP contribution in [0.4, 0.5) is 0 Å². The molecule has 0 bridgehead atoms. The van der Waals surface area contributed by atoms with Crippen LogP contribution in [0.3, 0.4) is 0 Å². The van der Waals surface area contributed by atoms with Crippen molar-refractivity contribution in [3.8, 4) is 11.5 Å². The number of nitrogens with one attached hydrogen (secondary N) is 1. The number of fused-ring (bicyclic) bond motifs is 1. The fourth-order valence-electron chi connectivity index (χ4n) is 3.61. The molecule has 1 aromatic carbocycles. The van der Waals surface area contributed by atoms with Crippen molar-refractivity contribution in [3.63, 3.8) is 0 Å². The summed E-state index contributed by atoms with van der Waals surface area (Å²) in [4.78, 5) is 0. The van der Waals surface area contributed by atoms with Gasteiger partial charge in [-0.05, 0) is 53.2 Å². The smallest absolute Gasteiger partial charge is 0.161 e. The maximum absolute atomic E-state index is 10.2.